The zero-order valence-electron chi connectivity index (χ0n) is 8.77. The fourth-order valence-electron chi connectivity index (χ4n) is 1.20. The first-order chi connectivity index (χ1) is 6.11. The predicted molar refractivity (Wildman–Crippen MR) is 60.1 cm³/mol. The van der Waals surface area contributed by atoms with Gasteiger partial charge in [-0.1, -0.05) is 36.7 Å². The minimum Gasteiger partial charge on any atom is -0.356 e. The van der Waals surface area contributed by atoms with Crippen LogP contribution in [-0.4, -0.2) is 17.3 Å². The molecule has 0 aliphatic heterocycles. The highest BCUT2D eigenvalue weighted by atomic mass is 79.9. The summed E-state index contributed by atoms with van der Waals surface area (Å²) >= 11 is 3.44. The van der Waals surface area contributed by atoms with Crippen molar-refractivity contribution in [3.63, 3.8) is 0 Å². The van der Waals surface area contributed by atoms with Gasteiger partial charge in [0.05, 0.1) is 0 Å². The smallest absolute Gasteiger partial charge is 0.223 e. The molecule has 0 saturated carbocycles. The SMILES string of the molecule is CCC(CC)C(=O)NCCC(C)Br. The fraction of sp³-hybridized carbons (Fsp3) is 0.900. The lowest BCUT2D eigenvalue weighted by molar-refractivity contribution is -0.125. The number of halogens is 1. The molecule has 0 fully saturated rings. The van der Waals surface area contributed by atoms with Crippen molar-refractivity contribution >= 4 is 21.8 Å². The number of carbonyl (C=O) groups is 1. The molecule has 0 spiro atoms. The molecule has 0 aliphatic carbocycles. The third-order valence-electron chi connectivity index (χ3n) is 2.20. The molecule has 3 heteroatoms. The predicted octanol–water partition coefficient (Wildman–Crippen LogP) is 2.71. The van der Waals surface area contributed by atoms with Crippen molar-refractivity contribution in [2.24, 2.45) is 5.92 Å². The van der Waals surface area contributed by atoms with Crippen LogP contribution in [0.5, 0.6) is 0 Å². The molecule has 1 N–H and O–H groups in total. The van der Waals surface area contributed by atoms with Crippen molar-refractivity contribution in [2.45, 2.75) is 44.9 Å². The largest absolute Gasteiger partial charge is 0.356 e. The van der Waals surface area contributed by atoms with Gasteiger partial charge in [-0.05, 0) is 19.3 Å². The van der Waals surface area contributed by atoms with E-state index in [2.05, 4.69) is 42.0 Å². The number of nitrogens with one attached hydrogen (secondary N) is 1. The number of alkyl halides is 1. The van der Waals surface area contributed by atoms with Crippen LogP contribution in [0.2, 0.25) is 0 Å². The molecular weight excluding hydrogens is 230 g/mol. The van der Waals surface area contributed by atoms with Crippen molar-refractivity contribution < 1.29 is 4.79 Å². The normalized spacial score (nSPS) is 13.0. The van der Waals surface area contributed by atoms with E-state index in [1.807, 2.05) is 0 Å². The molecule has 0 heterocycles. The van der Waals surface area contributed by atoms with Gasteiger partial charge in [-0.15, -0.1) is 0 Å². The van der Waals surface area contributed by atoms with E-state index in [9.17, 15) is 4.79 Å². The van der Waals surface area contributed by atoms with E-state index >= 15 is 0 Å². The molecule has 2 nitrogen and oxygen atoms in total. The van der Waals surface area contributed by atoms with Crippen LogP contribution in [0.4, 0.5) is 0 Å². The lowest BCUT2D eigenvalue weighted by atomic mass is 10.0. The lowest BCUT2D eigenvalue weighted by Crippen LogP contribution is -2.31. The summed E-state index contributed by atoms with van der Waals surface area (Å²) in [5.74, 6) is 0.406. The monoisotopic (exact) mass is 249 g/mol. The van der Waals surface area contributed by atoms with Gasteiger partial charge in [0.25, 0.3) is 0 Å². The Kier molecular flexibility index (Phi) is 7.33. The molecule has 0 aromatic carbocycles. The number of hydrogen-bond acceptors (Lipinski definition) is 1. The van der Waals surface area contributed by atoms with Crippen LogP contribution < -0.4 is 5.32 Å². The minimum atomic E-state index is 0.200. The first-order valence-corrected chi connectivity index (χ1v) is 5.95. The molecule has 1 amide bonds. The molecule has 0 aromatic rings. The van der Waals surface area contributed by atoms with Crippen LogP contribution in [0.15, 0.2) is 0 Å². The Balaban J connectivity index is 3.60. The van der Waals surface area contributed by atoms with E-state index in [1.165, 1.54) is 0 Å². The van der Waals surface area contributed by atoms with Gasteiger partial charge >= 0.3 is 0 Å². The van der Waals surface area contributed by atoms with Crippen molar-refractivity contribution in [3.05, 3.63) is 0 Å². The van der Waals surface area contributed by atoms with Crippen LogP contribution in [0.3, 0.4) is 0 Å². The highest BCUT2D eigenvalue weighted by Gasteiger charge is 2.12. The zero-order chi connectivity index (χ0) is 10.3. The highest BCUT2D eigenvalue weighted by molar-refractivity contribution is 9.09. The van der Waals surface area contributed by atoms with E-state index < -0.39 is 0 Å². The van der Waals surface area contributed by atoms with Gasteiger partial charge in [-0.3, -0.25) is 4.79 Å². The molecule has 0 bridgehead atoms. The van der Waals surface area contributed by atoms with Crippen LogP contribution in [0.1, 0.15) is 40.0 Å². The van der Waals surface area contributed by atoms with Crippen LogP contribution in [-0.2, 0) is 4.79 Å². The Morgan fingerprint density at radius 1 is 1.38 bits per heavy atom. The second-order valence-electron chi connectivity index (χ2n) is 3.37. The molecular formula is C10H20BrNO. The van der Waals surface area contributed by atoms with E-state index in [-0.39, 0.29) is 11.8 Å². The third kappa shape index (κ3) is 6.08. The number of amides is 1. The minimum absolute atomic E-state index is 0.200. The average molecular weight is 250 g/mol. The van der Waals surface area contributed by atoms with Crippen molar-refractivity contribution in [1.82, 2.24) is 5.32 Å². The van der Waals surface area contributed by atoms with Gasteiger partial charge in [0.2, 0.25) is 5.91 Å². The summed E-state index contributed by atoms with van der Waals surface area (Å²) in [5, 5.41) is 2.95. The van der Waals surface area contributed by atoms with Crippen molar-refractivity contribution in [1.29, 1.82) is 0 Å². The summed E-state index contributed by atoms with van der Waals surface area (Å²) < 4.78 is 0. The molecule has 0 saturated heterocycles. The van der Waals surface area contributed by atoms with Gasteiger partial charge in [-0.2, -0.15) is 0 Å². The van der Waals surface area contributed by atoms with Gasteiger partial charge < -0.3 is 5.32 Å². The summed E-state index contributed by atoms with van der Waals surface area (Å²) in [5.41, 5.74) is 0. The Hall–Kier alpha value is -0.0500. The van der Waals surface area contributed by atoms with Gasteiger partial charge in [0.1, 0.15) is 0 Å². The van der Waals surface area contributed by atoms with Crippen LogP contribution in [0, 0.1) is 5.92 Å². The highest BCUT2D eigenvalue weighted by Crippen LogP contribution is 2.07. The number of hydrogen-bond donors (Lipinski definition) is 1. The van der Waals surface area contributed by atoms with Crippen molar-refractivity contribution in [2.75, 3.05) is 6.54 Å². The number of rotatable bonds is 6. The second kappa shape index (κ2) is 7.36. The summed E-state index contributed by atoms with van der Waals surface area (Å²) in [4.78, 5) is 11.9. The fourth-order valence-corrected chi connectivity index (χ4v) is 1.43. The van der Waals surface area contributed by atoms with Crippen LogP contribution in [0.25, 0.3) is 0 Å². The summed E-state index contributed by atoms with van der Waals surface area (Å²) in [7, 11) is 0. The van der Waals surface area contributed by atoms with Gasteiger partial charge in [0, 0.05) is 17.3 Å². The first-order valence-electron chi connectivity index (χ1n) is 5.03. The maximum Gasteiger partial charge on any atom is 0.223 e. The molecule has 1 atom stereocenters. The Bertz CT molecular complexity index is 144. The standard InChI is InChI=1S/C10H20BrNO/c1-4-9(5-2)10(13)12-7-6-8(3)11/h8-9H,4-7H2,1-3H3,(H,12,13). The van der Waals surface area contributed by atoms with Crippen LogP contribution >= 0.6 is 15.9 Å². The zero-order valence-corrected chi connectivity index (χ0v) is 10.4. The second-order valence-corrected chi connectivity index (χ2v) is 4.94. The molecule has 78 valence electrons. The topological polar surface area (TPSA) is 29.1 Å². The molecule has 13 heavy (non-hydrogen) atoms. The molecule has 0 radical (unpaired) electrons. The van der Waals surface area contributed by atoms with Crippen molar-refractivity contribution in [3.8, 4) is 0 Å². The maximum absolute atomic E-state index is 11.5. The molecule has 0 aromatic heterocycles. The molecule has 0 aliphatic rings. The molecule has 0 rings (SSSR count). The summed E-state index contributed by atoms with van der Waals surface area (Å²) in [6.45, 7) is 6.98. The molecule has 1 unspecified atom stereocenters. The van der Waals surface area contributed by atoms with Gasteiger partial charge in [-0.25, -0.2) is 0 Å². The average Bonchev–Trinajstić information content (AvgIpc) is 2.05. The quantitative estimate of drug-likeness (QED) is 0.721. The van der Waals surface area contributed by atoms with E-state index in [1.54, 1.807) is 0 Å². The summed E-state index contributed by atoms with van der Waals surface area (Å²) in [6, 6.07) is 0. The third-order valence-corrected chi connectivity index (χ3v) is 2.66. The Labute approximate surface area is 89.6 Å². The number of carbonyl (C=O) groups excluding carboxylic acids is 1. The van der Waals surface area contributed by atoms with E-state index in [0.717, 1.165) is 25.8 Å². The van der Waals surface area contributed by atoms with E-state index in [4.69, 9.17) is 0 Å². The van der Waals surface area contributed by atoms with Gasteiger partial charge in [0.15, 0.2) is 0 Å². The first kappa shape index (κ1) is 12.9. The maximum atomic E-state index is 11.5. The summed E-state index contributed by atoms with van der Waals surface area (Å²) in [6.07, 6.45) is 2.87. The van der Waals surface area contributed by atoms with E-state index in [0.29, 0.717) is 4.83 Å². The Morgan fingerprint density at radius 3 is 2.31 bits per heavy atom. The Morgan fingerprint density at radius 2 is 1.92 bits per heavy atom. The lowest BCUT2D eigenvalue weighted by Gasteiger charge is -2.12.